The molecular formula is C22H21FN4O3S. The Labute approximate surface area is 182 Å². The highest BCUT2D eigenvalue weighted by Gasteiger charge is 2.24. The van der Waals surface area contributed by atoms with Gasteiger partial charge in [0.2, 0.25) is 5.01 Å². The van der Waals surface area contributed by atoms with E-state index in [2.05, 4.69) is 20.4 Å². The number of rotatable bonds is 6. The molecule has 31 heavy (non-hydrogen) atoms. The number of carbonyl (C=O) groups excluding carboxylic acids is 2. The molecule has 0 spiro atoms. The van der Waals surface area contributed by atoms with Crippen molar-refractivity contribution in [3.05, 3.63) is 75.0 Å². The van der Waals surface area contributed by atoms with Gasteiger partial charge in [-0.05, 0) is 48.2 Å². The second kappa shape index (κ2) is 9.22. The zero-order valence-electron chi connectivity index (χ0n) is 16.9. The summed E-state index contributed by atoms with van der Waals surface area (Å²) < 4.78 is 17.9. The first-order chi connectivity index (χ1) is 15.0. The lowest BCUT2D eigenvalue weighted by Gasteiger charge is -2.31. The van der Waals surface area contributed by atoms with Gasteiger partial charge in [-0.2, -0.15) is 0 Å². The standard InChI is InChI=1S/C22H21FN4O3S/c1-30-22(29)17-4-2-6-18-16(17)5-3-11-27(18)13-19-25-26-21(31-19)20(28)24-12-14-7-9-15(23)10-8-14/h2,4,6-10H,3,5,11-13H2,1H3,(H,24,28). The molecule has 2 heterocycles. The van der Waals surface area contributed by atoms with Crippen LogP contribution in [-0.4, -0.2) is 35.7 Å². The average Bonchev–Trinajstić information content (AvgIpc) is 3.26. The summed E-state index contributed by atoms with van der Waals surface area (Å²) >= 11 is 1.23. The third-order valence-corrected chi connectivity index (χ3v) is 6.01. The van der Waals surface area contributed by atoms with Crippen molar-refractivity contribution in [3.63, 3.8) is 0 Å². The first-order valence-electron chi connectivity index (χ1n) is 9.85. The van der Waals surface area contributed by atoms with Gasteiger partial charge >= 0.3 is 5.97 Å². The molecule has 1 amide bonds. The highest BCUT2D eigenvalue weighted by atomic mass is 32.1. The molecule has 0 atom stereocenters. The van der Waals surface area contributed by atoms with E-state index in [0.29, 0.717) is 17.1 Å². The SMILES string of the molecule is COC(=O)c1cccc2c1CCCN2Cc1nnc(C(=O)NCc2ccc(F)cc2)s1. The molecule has 2 aromatic carbocycles. The lowest BCUT2D eigenvalue weighted by atomic mass is 9.96. The van der Waals surface area contributed by atoms with Crippen LogP contribution in [0.4, 0.5) is 10.1 Å². The molecule has 0 unspecified atom stereocenters. The maximum Gasteiger partial charge on any atom is 0.338 e. The number of benzene rings is 2. The Hall–Kier alpha value is -3.33. The van der Waals surface area contributed by atoms with Crippen molar-refractivity contribution < 1.29 is 18.7 Å². The lowest BCUT2D eigenvalue weighted by molar-refractivity contribution is 0.0599. The summed E-state index contributed by atoms with van der Waals surface area (Å²) in [6.45, 7) is 1.60. The van der Waals surface area contributed by atoms with E-state index in [4.69, 9.17) is 4.74 Å². The fourth-order valence-electron chi connectivity index (χ4n) is 3.60. The number of nitrogens with one attached hydrogen (secondary N) is 1. The smallest absolute Gasteiger partial charge is 0.338 e. The van der Waals surface area contributed by atoms with Crippen LogP contribution in [0, 0.1) is 5.82 Å². The fraction of sp³-hybridized carbons (Fsp3) is 0.273. The molecule has 0 fully saturated rings. The average molecular weight is 441 g/mol. The molecular weight excluding hydrogens is 419 g/mol. The molecule has 0 saturated carbocycles. The zero-order chi connectivity index (χ0) is 21.8. The number of ether oxygens (including phenoxy) is 1. The molecule has 7 nitrogen and oxygen atoms in total. The number of esters is 1. The van der Waals surface area contributed by atoms with Crippen molar-refractivity contribution in [1.29, 1.82) is 0 Å². The lowest BCUT2D eigenvalue weighted by Crippen LogP contribution is -2.30. The van der Waals surface area contributed by atoms with Crippen molar-refractivity contribution in [2.45, 2.75) is 25.9 Å². The summed E-state index contributed by atoms with van der Waals surface area (Å²) in [4.78, 5) is 26.6. The molecule has 1 aromatic heterocycles. The van der Waals surface area contributed by atoms with E-state index in [-0.39, 0.29) is 29.2 Å². The van der Waals surface area contributed by atoms with Gasteiger partial charge in [0.15, 0.2) is 0 Å². The Morgan fingerprint density at radius 2 is 2.00 bits per heavy atom. The first-order valence-corrected chi connectivity index (χ1v) is 10.7. The highest BCUT2D eigenvalue weighted by Crippen LogP contribution is 2.31. The second-order valence-corrected chi connectivity index (χ2v) is 8.19. The topological polar surface area (TPSA) is 84.4 Å². The van der Waals surface area contributed by atoms with Gasteiger partial charge in [0, 0.05) is 18.8 Å². The van der Waals surface area contributed by atoms with E-state index in [1.807, 2.05) is 12.1 Å². The van der Waals surface area contributed by atoms with Crippen LogP contribution >= 0.6 is 11.3 Å². The minimum atomic E-state index is -0.338. The number of halogens is 1. The molecule has 1 aliphatic rings. The van der Waals surface area contributed by atoms with Crippen LogP contribution in [0.1, 0.15) is 42.7 Å². The van der Waals surface area contributed by atoms with Crippen molar-refractivity contribution >= 4 is 28.9 Å². The van der Waals surface area contributed by atoms with Gasteiger partial charge < -0.3 is 15.0 Å². The first kappa shape index (κ1) is 20.9. The van der Waals surface area contributed by atoms with Gasteiger partial charge in [-0.3, -0.25) is 4.79 Å². The van der Waals surface area contributed by atoms with Crippen LogP contribution in [-0.2, 0) is 24.2 Å². The van der Waals surface area contributed by atoms with Crippen LogP contribution in [0.15, 0.2) is 42.5 Å². The normalized spacial score (nSPS) is 12.9. The summed E-state index contributed by atoms with van der Waals surface area (Å²) in [5.41, 5.74) is 3.34. The maximum atomic E-state index is 13.0. The number of carbonyl (C=O) groups is 2. The Balaban J connectivity index is 1.43. The zero-order valence-corrected chi connectivity index (χ0v) is 17.7. The van der Waals surface area contributed by atoms with Gasteiger partial charge in [0.05, 0.1) is 19.2 Å². The van der Waals surface area contributed by atoms with Crippen molar-refractivity contribution in [1.82, 2.24) is 15.5 Å². The van der Waals surface area contributed by atoms with Crippen LogP contribution in [0.5, 0.6) is 0 Å². The van der Waals surface area contributed by atoms with E-state index in [1.54, 1.807) is 18.2 Å². The number of aromatic nitrogens is 2. The molecule has 160 valence electrons. The number of fused-ring (bicyclic) bond motifs is 1. The quantitative estimate of drug-likeness (QED) is 0.592. The monoisotopic (exact) mass is 440 g/mol. The largest absolute Gasteiger partial charge is 0.465 e. The minimum Gasteiger partial charge on any atom is -0.465 e. The predicted octanol–water partition coefficient (Wildman–Crippen LogP) is 3.35. The van der Waals surface area contributed by atoms with Crippen molar-refractivity contribution in [2.24, 2.45) is 0 Å². The summed E-state index contributed by atoms with van der Waals surface area (Å²) in [5, 5.41) is 12.0. The van der Waals surface area contributed by atoms with Crippen LogP contribution in [0.2, 0.25) is 0 Å². The Morgan fingerprint density at radius 3 is 2.77 bits per heavy atom. The third-order valence-electron chi connectivity index (χ3n) is 5.11. The molecule has 0 radical (unpaired) electrons. The van der Waals surface area contributed by atoms with Gasteiger partial charge in [0.1, 0.15) is 10.8 Å². The highest BCUT2D eigenvalue weighted by molar-refractivity contribution is 7.13. The molecule has 3 aromatic rings. The van der Waals surface area contributed by atoms with Gasteiger partial charge in [0.25, 0.3) is 5.91 Å². The van der Waals surface area contributed by atoms with Gasteiger partial charge in [-0.15, -0.1) is 10.2 Å². The van der Waals surface area contributed by atoms with E-state index in [1.165, 1.54) is 30.6 Å². The van der Waals surface area contributed by atoms with Crippen molar-refractivity contribution in [2.75, 3.05) is 18.6 Å². The van der Waals surface area contributed by atoms with Gasteiger partial charge in [-0.25, -0.2) is 9.18 Å². The minimum absolute atomic E-state index is 0.276. The Bertz CT molecular complexity index is 1100. The van der Waals surface area contributed by atoms with E-state index >= 15 is 0 Å². The molecule has 0 bridgehead atoms. The van der Waals surface area contributed by atoms with Gasteiger partial charge in [-0.1, -0.05) is 29.5 Å². The number of nitrogens with zero attached hydrogens (tertiary/aromatic N) is 3. The summed E-state index contributed by atoms with van der Waals surface area (Å²) in [5.74, 6) is -0.975. The van der Waals surface area contributed by atoms with E-state index < -0.39 is 0 Å². The molecule has 1 N–H and O–H groups in total. The number of methoxy groups -OCH3 is 1. The summed E-state index contributed by atoms with van der Waals surface area (Å²) in [6, 6.07) is 11.6. The third kappa shape index (κ3) is 4.72. The van der Waals surface area contributed by atoms with Crippen molar-refractivity contribution in [3.8, 4) is 0 Å². The fourth-order valence-corrected chi connectivity index (χ4v) is 4.37. The molecule has 1 aliphatic heterocycles. The molecule has 4 rings (SSSR count). The maximum absolute atomic E-state index is 13.0. The Kier molecular flexibility index (Phi) is 6.22. The van der Waals surface area contributed by atoms with Crippen LogP contribution in [0.3, 0.4) is 0 Å². The van der Waals surface area contributed by atoms with E-state index in [9.17, 15) is 14.0 Å². The molecule has 9 heteroatoms. The molecule has 0 aliphatic carbocycles. The number of hydrogen-bond donors (Lipinski definition) is 1. The van der Waals surface area contributed by atoms with E-state index in [0.717, 1.165) is 36.2 Å². The van der Waals surface area contributed by atoms with Crippen LogP contribution < -0.4 is 10.2 Å². The Morgan fingerprint density at radius 1 is 1.19 bits per heavy atom. The number of hydrogen-bond acceptors (Lipinski definition) is 7. The second-order valence-electron chi connectivity index (χ2n) is 7.13. The molecule has 0 saturated heterocycles. The number of amides is 1. The summed E-state index contributed by atoms with van der Waals surface area (Å²) in [6.07, 6.45) is 1.72. The summed E-state index contributed by atoms with van der Waals surface area (Å²) in [7, 11) is 1.38. The van der Waals surface area contributed by atoms with Crippen LogP contribution in [0.25, 0.3) is 0 Å². The number of anilines is 1. The predicted molar refractivity (Wildman–Crippen MR) is 115 cm³/mol.